The Morgan fingerprint density at radius 3 is 2.00 bits per heavy atom. The highest BCUT2D eigenvalue weighted by Crippen LogP contribution is 2.28. The third kappa shape index (κ3) is 8.44. The lowest BCUT2D eigenvalue weighted by atomic mass is 10.1. The van der Waals surface area contributed by atoms with Gasteiger partial charge in [0.25, 0.3) is 11.8 Å². The SMILES string of the molecule is CC(Sc1ccc(NC(=O)/C(=C/c2c(Cl)cccc2Cl)NC(=O)c2ccccc2)cc1)C(=O)Nc1ccc(F)cc1. The number of hydrogen-bond acceptors (Lipinski definition) is 4. The summed E-state index contributed by atoms with van der Waals surface area (Å²) in [4.78, 5) is 39.5. The highest BCUT2D eigenvalue weighted by Gasteiger charge is 2.18. The van der Waals surface area contributed by atoms with Crippen molar-refractivity contribution >= 4 is 70.1 Å². The third-order valence-electron chi connectivity index (χ3n) is 5.72. The van der Waals surface area contributed by atoms with E-state index in [1.165, 1.54) is 42.1 Å². The average Bonchev–Trinajstić information content (AvgIpc) is 2.97. The van der Waals surface area contributed by atoms with E-state index in [-0.39, 0.29) is 17.4 Å². The molecule has 0 aromatic heterocycles. The third-order valence-corrected chi connectivity index (χ3v) is 7.49. The van der Waals surface area contributed by atoms with Crippen LogP contribution in [0.25, 0.3) is 6.08 Å². The second-order valence-electron chi connectivity index (χ2n) is 8.75. The molecule has 0 aliphatic heterocycles. The fourth-order valence-corrected chi connectivity index (χ4v) is 4.96. The number of halogens is 3. The molecule has 1 atom stereocenters. The minimum Gasteiger partial charge on any atom is -0.325 e. The van der Waals surface area contributed by atoms with E-state index >= 15 is 0 Å². The van der Waals surface area contributed by atoms with Gasteiger partial charge in [-0.1, -0.05) is 47.5 Å². The molecule has 0 radical (unpaired) electrons. The van der Waals surface area contributed by atoms with Gasteiger partial charge >= 0.3 is 0 Å². The predicted octanol–water partition coefficient (Wildman–Crippen LogP) is 7.66. The summed E-state index contributed by atoms with van der Waals surface area (Å²) in [5.41, 5.74) is 1.67. The lowest BCUT2D eigenvalue weighted by molar-refractivity contribution is -0.115. The largest absolute Gasteiger partial charge is 0.325 e. The molecule has 0 bridgehead atoms. The monoisotopic (exact) mass is 607 g/mol. The first-order chi connectivity index (χ1) is 19.7. The van der Waals surface area contributed by atoms with Crippen LogP contribution in [0.2, 0.25) is 10.0 Å². The number of anilines is 2. The molecule has 3 amide bonds. The summed E-state index contributed by atoms with van der Waals surface area (Å²) in [5.74, 6) is -1.68. The van der Waals surface area contributed by atoms with Crippen LogP contribution in [0.4, 0.5) is 15.8 Å². The smallest absolute Gasteiger partial charge is 0.272 e. The summed E-state index contributed by atoms with van der Waals surface area (Å²) in [6, 6.07) is 25.8. The predicted molar refractivity (Wildman–Crippen MR) is 164 cm³/mol. The Hall–Kier alpha value is -4.11. The Morgan fingerprint density at radius 2 is 1.37 bits per heavy atom. The van der Waals surface area contributed by atoms with Crippen LogP contribution >= 0.6 is 35.0 Å². The molecule has 4 aromatic rings. The molecule has 0 fully saturated rings. The molecule has 0 aliphatic carbocycles. The molecule has 0 saturated heterocycles. The number of thioether (sulfide) groups is 1. The van der Waals surface area contributed by atoms with Gasteiger partial charge in [-0.05, 0) is 85.8 Å². The van der Waals surface area contributed by atoms with Crippen molar-refractivity contribution in [2.75, 3.05) is 10.6 Å². The van der Waals surface area contributed by atoms with Crippen molar-refractivity contribution in [1.82, 2.24) is 5.32 Å². The van der Waals surface area contributed by atoms with E-state index < -0.39 is 17.1 Å². The maximum absolute atomic E-state index is 13.3. The minimum absolute atomic E-state index is 0.0570. The first kappa shape index (κ1) is 29.9. The van der Waals surface area contributed by atoms with Gasteiger partial charge in [-0.2, -0.15) is 0 Å². The second kappa shape index (κ2) is 14.0. The molecule has 0 aliphatic rings. The number of carbonyl (C=O) groups excluding carboxylic acids is 3. The standard InChI is InChI=1S/C31H24Cl2FN3O3S/c1-19(29(38)35-22-12-10-21(34)11-13-22)41-24-16-14-23(15-17-24)36-31(40)28(18-25-26(32)8-5-9-27(25)33)37-30(39)20-6-3-2-4-7-20/h2-19H,1H3,(H,35,38)(H,36,40)(H,37,39)/b28-18-. The molecule has 1 unspecified atom stereocenters. The van der Waals surface area contributed by atoms with E-state index in [1.807, 2.05) is 0 Å². The van der Waals surface area contributed by atoms with Gasteiger partial charge in [0.15, 0.2) is 0 Å². The van der Waals surface area contributed by atoms with Crippen molar-refractivity contribution in [2.45, 2.75) is 17.1 Å². The molecule has 3 N–H and O–H groups in total. The first-order valence-electron chi connectivity index (χ1n) is 12.4. The maximum Gasteiger partial charge on any atom is 0.272 e. The Kier molecular flexibility index (Phi) is 10.2. The van der Waals surface area contributed by atoms with Crippen molar-refractivity contribution < 1.29 is 18.8 Å². The summed E-state index contributed by atoms with van der Waals surface area (Å²) in [7, 11) is 0. The van der Waals surface area contributed by atoms with Crippen LogP contribution in [0.1, 0.15) is 22.8 Å². The molecule has 10 heteroatoms. The summed E-state index contributed by atoms with van der Waals surface area (Å²) in [6.07, 6.45) is 1.42. The zero-order valence-corrected chi connectivity index (χ0v) is 24.0. The maximum atomic E-state index is 13.3. The molecule has 0 saturated carbocycles. The first-order valence-corrected chi connectivity index (χ1v) is 14.0. The summed E-state index contributed by atoms with van der Waals surface area (Å²) >= 11 is 13.9. The van der Waals surface area contributed by atoms with Crippen LogP contribution in [0.3, 0.4) is 0 Å². The summed E-state index contributed by atoms with van der Waals surface area (Å²) in [6.45, 7) is 1.76. The molecule has 0 heterocycles. The van der Waals surface area contributed by atoms with Gasteiger partial charge in [-0.3, -0.25) is 14.4 Å². The highest BCUT2D eigenvalue weighted by molar-refractivity contribution is 8.00. The van der Waals surface area contributed by atoms with E-state index in [4.69, 9.17) is 23.2 Å². The molecule has 0 spiro atoms. The molecule has 208 valence electrons. The van der Waals surface area contributed by atoms with Crippen LogP contribution in [0, 0.1) is 5.82 Å². The van der Waals surface area contributed by atoms with Gasteiger partial charge in [0.05, 0.1) is 5.25 Å². The van der Waals surface area contributed by atoms with Gasteiger partial charge in [0.1, 0.15) is 11.5 Å². The van der Waals surface area contributed by atoms with E-state index in [0.717, 1.165) is 4.90 Å². The molecular formula is C31H24Cl2FN3O3S. The lowest BCUT2D eigenvalue weighted by Gasteiger charge is -2.14. The minimum atomic E-state index is -0.585. The Labute approximate surface area is 250 Å². The molecule has 6 nitrogen and oxygen atoms in total. The quantitative estimate of drug-likeness (QED) is 0.135. The van der Waals surface area contributed by atoms with Crippen LogP contribution in [0.15, 0.2) is 108 Å². The number of benzene rings is 4. The Balaban J connectivity index is 1.46. The lowest BCUT2D eigenvalue weighted by Crippen LogP contribution is -2.30. The Bertz CT molecular complexity index is 1560. The summed E-state index contributed by atoms with van der Waals surface area (Å²) < 4.78 is 13.1. The zero-order chi connectivity index (χ0) is 29.4. The normalized spacial score (nSPS) is 11.9. The van der Waals surface area contributed by atoms with Gasteiger partial charge < -0.3 is 16.0 Å². The van der Waals surface area contributed by atoms with Crippen LogP contribution in [-0.2, 0) is 9.59 Å². The van der Waals surface area contributed by atoms with E-state index in [2.05, 4.69) is 16.0 Å². The summed E-state index contributed by atoms with van der Waals surface area (Å²) in [5, 5.41) is 8.37. The number of nitrogens with one attached hydrogen (secondary N) is 3. The van der Waals surface area contributed by atoms with E-state index in [1.54, 1.807) is 79.7 Å². The van der Waals surface area contributed by atoms with Gasteiger partial charge in [-0.25, -0.2) is 4.39 Å². The highest BCUT2D eigenvalue weighted by atomic mass is 35.5. The second-order valence-corrected chi connectivity index (χ2v) is 11.0. The van der Waals surface area contributed by atoms with Crippen molar-refractivity contribution in [1.29, 1.82) is 0 Å². The van der Waals surface area contributed by atoms with Crippen molar-refractivity contribution in [3.05, 3.63) is 130 Å². The van der Waals surface area contributed by atoms with Gasteiger partial charge in [0.2, 0.25) is 5.91 Å². The fourth-order valence-electron chi connectivity index (χ4n) is 3.59. The zero-order valence-electron chi connectivity index (χ0n) is 21.7. The van der Waals surface area contributed by atoms with E-state index in [9.17, 15) is 18.8 Å². The van der Waals surface area contributed by atoms with Crippen LogP contribution < -0.4 is 16.0 Å². The molecule has 4 rings (SSSR count). The van der Waals surface area contributed by atoms with E-state index in [0.29, 0.717) is 32.5 Å². The fraction of sp³-hybridized carbons (Fsp3) is 0.0645. The Morgan fingerprint density at radius 1 is 0.780 bits per heavy atom. The van der Waals surface area contributed by atoms with Gasteiger partial charge in [0, 0.05) is 37.4 Å². The number of rotatable bonds is 9. The van der Waals surface area contributed by atoms with Crippen molar-refractivity contribution in [3.8, 4) is 0 Å². The molecule has 4 aromatic carbocycles. The number of hydrogen-bond donors (Lipinski definition) is 3. The number of carbonyl (C=O) groups is 3. The van der Waals surface area contributed by atoms with Crippen molar-refractivity contribution in [2.24, 2.45) is 0 Å². The molecule has 41 heavy (non-hydrogen) atoms. The van der Waals surface area contributed by atoms with Crippen molar-refractivity contribution in [3.63, 3.8) is 0 Å². The molecular weight excluding hydrogens is 584 g/mol. The number of amides is 3. The average molecular weight is 609 g/mol. The van der Waals surface area contributed by atoms with Gasteiger partial charge in [-0.15, -0.1) is 11.8 Å². The topological polar surface area (TPSA) is 87.3 Å². The van der Waals surface area contributed by atoms with Crippen LogP contribution in [0.5, 0.6) is 0 Å². The van der Waals surface area contributed by atoms with Crippen LogP contribution in [-0.4, -0.2) is 23.0 Å².